The first-order valence-electron chi connectivity index (χ1n) is 8.88. The molecule has 0 spiro atoms. The first kappa shape index (κ1) is 17.9. The number of hydrogen-bond donors (Lipinski definition) is 3. The number of β-lactam (4-membered cyclic amide) rings is 1. The highest BCUT2D eigenvalue weighted by molar-refractivity contribution is 5.90. The van der Waals surface area contributed by atoms with Crippen molar-refractivity contribution < 1.29 is 19.8 Å². The lowest BCUT2D eigenvalue weighted by Gasteiger charge is -2.44. The van der Waals surface area contributed by atoms with Gasteiger partial charge in [-0.1, -0.05) is 37.3 Å². The van der Waals surface area contributed by atoms with E-state index in [1.165, 1.54) is 0 Å². The Morgan fingerprint density at radius 3 is 2.36 bits per heavy atom. The summed E-state index contributed by atoms with van der Waals surface area (Å²) in [6.07, 6.45) is 0.220. The Morgan fingerprint density at radius 2 is 1.84 bits per heavy atom. The van der Waals surface area contributed by atoms with E-state index < -0.39 is 17.6 Å². The Hall–Kier alpha value is -1.92. The SMILES string of the molecule is C[C@@H](O)[C@H]1C(=O)N[C@@H]1[C@@H](C)C(=O)N1CCC(O)(c2ccccc2)CC1. The van der Waals surface area contributed by atoms with Crippen molar-refractivity contribution in [1.29, 1.82) is 0 Å². The molecule has 0 aromatic heterocycles. The second-order valence-electron chi connectivity index (χ2n) is 7.31. The molecule has 6 heteroatoms. The van der Waals surface area contributed by atoms with E-state index >= 15 is 0 Å². The van der Waals surface area contributed by atoms with Crippen molar-refractivity contribution in [1.82, 2.24) is 10.2 Å². The molecule has 2 amide bonds. The normalized spacial score (nSPS) is 27.8. The van der Waals surface area contributed by atoms with Crippen LogP contribution in [0.4, 0.5) is 0 Å². The van der Waals surface area contributed by atoms with Crippen LogP contribution in [0.25, 0.3) is 0 Å². The number of rotatable bonds is 4. The second-order valence-corrected chi connectivity index (χ2v) is 7.31. The van der Waals surface area contributed by atoms with Crippen LogP contribution in [0.2, 0.25) is 0 Å². The monoisotopic (exact) mass is 346 g/mol. The van der Waals surface area contributed by atoms with Crippen LogP contribution in [0.1, 0.15) is 32.3 Å². The minimum atomic E-state index is -0.895. The predicted molar refractivity (Wildman–Crippen MR) is 92.4 cm³/mol. The van der Waals surface area contributed by atoms with E-state index in [1.807, 2.05) is 30.3 Å². The van der Waals surface area contributed by atoms with Gasteiger partial charge in [0.2, 0.25) is 11.8 Å². The maximum Gasteiger partial charge on any atom is 0.228 e. The number of aliphatic hydroxyl groups excluding tert-OH is 1. The number of likely N-dealkylation sites (tertiary alicyclic amines) is 1. The van der Waals surface area contributed by atoms with Gasteiger partial charge in [-0.3, -0.25) is 9.59 Å². The van der Waals surface area contributed by atoms with Gasteiger partial charge in [0, 0.05) is 13.1 Å². The van der Waals surface area contributed by atoms with Gasteiger partial charge in [-0.05, 0) is 25.3 Å². The Morgan fingerprint density at radius 1 is 1.24 bits per heavy atom. The van der Waals surface area contributed by atoms with Crippen LogP contribution in [-0.2, 0) is 15.2 Å². The quantitative estimate of drug-likeness (QED) is 0.698. The summed E-state index contributed by atoms with van der Waals surface area (Å²) in [5, 5.41) is 23.3. The fourth-order valence-electron chi connectivity index (χ4n) is 3.95. The topological polar surface area (TPSA) is 89.9 Å². The minimum Gasteiger partial charge on any atom is -0.393 e. The van der Waals surface area contributed by atoms with E-state index in [2.05, 4.69) is 5.32 Å². The number of aliphatic hydroxyl groups is 2. The molecule has 25 heavy (non-hydrogen) atoms. The first-order valence-corrected chi connectivity index (χ1v) is 8.88. The Bertz CT molecular complexity index is 638. The summed E-state index contributed by atoms with van der Waals surface area (Å²) in [7, 11) is 0. The number of carbonyl (C=O) groups excluding carboxylic acids is 2. The van der Waals surface area contributed by atoms with Gasteiger partial charge < -0.3 is 20.4 Å². The van der Waals surface area contributed by atoms with E-state index in [1.54, 1.807) is 18.7 Å². The minimum absolute atomic E-state index is 0.0363. The second kappa shape index (κ2) is 6.77. The van der Waals surface area contributed by atoms with Crippen molar-refractivity contribution in [3.05, 3.63) is 35.9 Å². The van der Waals surface area contributed by atoms with Gasteiger partial charge in [0.15, 0.2) is 0 Å². The molecule has 136 valence electrons. The van der Waals surface area contributed by atoms with Crippen LogP contribution in [0.3, 0.4) is 0 Å². The average molecular weight is 346 g/mol. The number of amides is 2. The maximum atomic E-state index is 12.8. The largest absolute Gasteiger partial charge is 0.393 e. The molecule has 3 N–H and O–H groups in total. The van der Waals surface area contributed by atoms with Crippen molar-refractivity contribution in [2.24, 2.45) is 11.8 Å². The summed E-state index contributed by atoms with van der Waals surface area (Å²) in [6.45, 7) is 4.33. The van der Waals surface area contributed by atoms with Crippen molar-refractivity contribution in [2.45, 2.75) is 44.4 Å². The van der Waals surface area contributed by atoms with Crippen molar-refractivity contribution >= 4 is 11.8 Å². The molecule has 2 fully saturated rings. The highest BCUT2D eigenvalue weighted by Crippen LogP contribution is 2.34. The molecule has 2 heterocycles. The lowest BCUT2D eigenvalue weighted by molar-refractivity contribution is -0.150. The lowest BCUT2D eigenvalue weighted by Crippen LogP contribution is -2.66. The number of piperidine rings is 1. The third-order valence-corrected chi connectivity index (χ3v) is 5.66. The van der Waals surface area contributed by atoms with Crippen LogP contribution >= 0.6 is 0 Å². The number of carbonyl (C=O) groups is 2. The highest BCUT2D eigenvalue weighted by Gasteiger charge is 2.48. The zero-order valence-electron chi connectivity index (χ0n) is 14.7. The molecule has 3 rings (SSSR count). The number of nitrogens with zero attached hydrogens (tertiary/aromatic N) is 1. The Balaban J connectivity index is 1.61. The summed E-state index contributed by atoms with van der Waals surface area (Å²) < 4.78 is 0. The number of hydrogen-bond acceptors (Lipinski definition) is 4. The first-order chi connectivity index (χ1) is 11.8. The van der Waals surface area contributed by atoms with E-state index in [0.717, 1.165) is 5.56 Å². The average Bonchev–Trinajstić information content (AvgIpc) is 2.59. The van der Waals surface area contributed by atoms with Crippen LogP contribution in [0, 0.1) is 11.8 Å². The molecule has 0 saturated carbocycles. The lowest BCUT2D eigenvalue weighted by atomic mass is 9.78. The van der Waals surface area contributed by atoms with Gasteiger partial charge in [-0.25, -0.2) is 0 Å². The van der Waals surface area contributed by atoms with E-state index in [9.17, 15) is 19.8 Å². The zero-order chi connectivity index (χ0) is 18.2. The van der Waals surface area contributed by atoms with Crippen LogP contribution in [-0.4, -0.2) is 52.2 Å². The third kappa shape index (κ3) is 3.28. The van der Waals surface area contributed by atoms with Crippen LogP contribution in [0.5, 0.6) is 0 Å². The third-order valence-electron chi connectivity index (χ3n) is 5.66. The maximum absolute atomic E-state index is 12.8. The molecule has 1 aromatic rings. The molecular weight excluding hydrogens is 320 g/mol. The molecule has 2 aliphatic rings. The summed E-state index contributed by atoms with van der Waals surface area (Å²) in [5.74, 6) is -1.15. The van der Waals surface area contributed by atoms with Crippen molar-refractivity contribution in [3.8, 4) is 0 Å². The molecule has 0 unspecified atom stereocenters. The predicted octanol–water partition coefficient (Wildman–Crippen LogP) is 0.628. The molecule has 0 radical (unpaired) electrons. The molecular formula is C19H26N2O4. The standard InChI is InChI=1S/C19H26N2O4/c1-12(16-15(13(2)22)17(23)20-16)18(24)21-10-8-19(25,9-11-21)14-6-4-3-5-7-14/h3-7,12-13,15-16,22,25H,8-11H2,1-2H3,(H,20,23)/t12-,13-,15-,16-/m1/s1. The van der Waals surface area contributed by atoms with Crippen molar-refractivity contribution in [2.75, 3.05) is 13.1 Å². The molecule has 4 atom stereocenters. The molecule has 0 bridgehead atoms. The van der Waals surface area contributed by atoms with Gasteiger partial charge in [-0.15, -0.1) is 0 Å². The molecule has 0 aliphatic carbocycles. The highest BCUT2D eigenvalue weighted by atomic mass is 16.3. The smallest absolute Gasteiger partial charge is 0.228 e. The van der Waals surface area contributed by atoms with Gasteiger partial charge in [-0.2, -0.15) is 0 Å². The Kier molecular flexibility index (Phi) is 4.84. The fraction of sp³-hybridized carbons (Fsp3) is 0.579. The van der Waals surface area contributed by atoms with Gasteiger partial charge in [0.1, 0.15) is 0 Å². The van der Waals surface area contributed by atoms with Gasteiger partial charge >= 0.3 is 0 Å². The summed E-state index contributed by atoms with van der Waals surface area (Å²) in [6, 6.07) is 9.23. The van der Waals surface area contributed by atoms with E-state index in [-0.39, 0.29) is 23.8 Å². The molecule has 2 aliphatic heterocycles. The van der Waals surface area contributed by atoms with Crippen LogP contribution in [0.15, 0.2) is 30.3 Å². The number of nitrogens with one attached hydrogen (secondary N) is 1. The summed E-state index contributed by atoms with van der Waals surface area (Å²) in [5.41, 5.74) is -0.00994. The Labute approximate surface area is 147 Å². The van der Waals surface area contributed by atoms with Crippen molar-refractivity contribution in [3.63, 3.8) is 0 Å². The molecule has 6 nitrogen and oxygen atoms in total. The van der Waals surface area contributed by atoms with Gasteiger partial charge in [0.25, 0.3) is 0 Å². The fourth-order valence-corrected chi connectivity index (χ4v) is 3.95. The van der Waals surface area contributed by atoms with E-state index in [4.69, 9.17) is 0 Å². The molecule has 1 aromatic carbocycles. The zero-order valence-corrected chi connectivity index (χ0v) is 14.7. The summed E-state index contributed by atoms with van der Waals surface area (Å²) in [4.78, 5) is 26.1. The molecule has 2 saturated heterocycles. The number of benzene rings is 1. The van der Waals surface area contributed by atoms with Gasteiger partial charge in [0.05, 0.1) is 29.6 Å². The summed E-state index contributed by atoms with van der Waals surface area (Å²) >= 11 is 0. The van der Waals surface area contributed by atoms with Crippen LogP contribution < -0.4 is 5.32 Å². The van der Waals surface area contributed by atoms with E-state index in [0.29, 0.717) is 25.9 Å².